The molecule has 1 aliphatic carbocycles. The van der Waals surface area contributed by atoms with E-state index in [1.54, 1.807) is 0 Å². The van der Waals surface area contributed by atoms with Crippen LogP contribution in [0.2, 0.25) is 0 Å². The molecule has 1 heteroatoms. The molecule has 2 rings (SSSR count). The Bertz CT molecular complexity index is 310. The zero-order valence-corrected chi connectivity index (χ0v) is 6.41. The van der Waals surface area contributed by atoms with Crippen molar-refractivity contribution in [1.29, 1.82) is 0 Å². The van der Waals surface area contributed by atoms with E-state index in [-0.39, 0.29) is 0 Å². The van der Waals surface area contributed by atoms with Gasteiger partial charge in [-0.15, -0.1) is 0 Å². The van der Waals surface area contributed by atoms with E-state index in [1.807, 2.05) is 31.2 Å². The van der Waals surface area contributed by atoms with Crippen LogP contribution in [0, 0.1) is 6.92 Å². The molecule has 0 fully saturated rings. The van der Waals surface area contributed by atoms with Gasteiger partial charge in [-0.1, -0.05) is 24.3 Å². The highest BCUT2D eigenvalue weighted by Crippen LogP contribution is 2.19. The summed E-state index contributed by atoms with van der Waals surface area (Å²) in [7, 11) is 0. The Morgan fingerprint density at radius 1 is 1.09 bits per heavy atom. The van der Waals surface area contributed by atoms with Gasteiger partial charge in [0, 0.05) is 11.3 Å². The molecule has 0 N–H and O–H groups in total. The smallest absolute Gasteiger partial charge is 0.0705 e. The first-order valence-corrected chi connectivity index (χ1v) is 3.69. The maximum absolute atomic E-state index is 4.35. The molecule has 1 nitrogen and oxygen atoms in total. The Labute approximate surface area is 66.1 Å². The van der Waals surface area contributed by atoms with Gasteiger partial charge in [-0.2, -0.15) is 0 Å². The molecule has 0 atom stereocenters. The fraction of sp³-hybridized carbons (Fsp3) is 0.100. The first-order valence-electron chi connectivity index (χ1n) is 3.69. The quantitative estimate of drug-likeness (QED) is 0.552. The Hall–Kier alpha value is -1.37. The van der Waals surface area contributed by atoms with E-state index in [4.69, 9.17) is 0 Å². The first kappa shape index (κ1) is 6.35. The summed E-state index contributed by atoms with van der Waals surface area (Å²) in [6, 6.07) is 12.3. The third-order valence-corrected chi connectivity index (χ3v) is 1.71. The van der Waals surface area contributed by atoms with Crippen LogP contribution in [0.15, 0.2) is 36.4 Å². The van der Waals surface area contributed by atoms with E-state index in [0.29, 0.717) is 0 Å². The Kier molecular flexibility index (Phi) is 1.35. The van der Waals surface area contributed by atoms with Crippen molar-refractivity contribution in [2.75, 3.05) is 0 Å². The van der Waals surface area contributed by atoms with Gasteiger partial charge in [-0.3, -0.25) is 4.98 Å². The summed E-state index contributed by atoms with van der Waals surface area (Å²) in [5.74, 6) is 0. The molecule has 2 aliphatic rings. The van der Waals surface area contributed by atoms with E-state index in [2.05, 4.69) is 17.1 Å². The maximum Gasteiger partial charge on any atom is 0.0705 e. The minimum atomic E-state index is 1.08. The third kappa shape index (κ3) is 1.09. The molecule has 0 aromatic rings. The van der Waals surface area contributed by atoms with Gasteiger partial charge < -0.3 is 0 Å². The third-order valence-electron chi connectivity index (χ3n) is 1.71. The lowest BCUT2D eigenvalue weighted by molar-refractivity contribution is 1.27. The monoisotopic (exact) mass is 143 g/mol. The Morgan fingerprint density at radius 3 is 2.82 bits per heavy atom. The molecular weight excluding hydrogens is 134 g/mol. The number of fused-ring (bicyclic) bond motifs is 1. The van der Waals surface area contributed by atoms with Crippen molar-refractivity contribution >= 4 is 0 Å². The van der Waals surface area contributed by atoms with Crippen molar-refractivity contribution in [2.45, 2.75) is 6.92 Å². The zero-order chi connectivity index (χ0) is 7.68. The largest absolute Gasteiger partial charge is 0.253 e. The van der Waals surface area contributed by atoms with Crippen molar-refractivity contribution in [1.82, 2.24) is 4.98 Å². The van der Waals surface area contributed by atoms with Crippen LogP contribution in [0.5, 0.6) is 0 Å². The van der Waals surface area contributed by atoms with Crippen molar-refractivity contribution < 1.29 is 0 Å². The average Bonchev–Trinajstić information content (AvgIpc) is 2.17. The van der Waals surface area contributed by atoms with Gasteiger partial charge in [0.25, 0.3) is 0 Å². The van der Waals surface area contributed by atoms with Crippen LogP contribution < -0.4 is 0 Å². The summed E-state index contributed by atoms with van der Waals surface area (Å²) in [4.78, 5) is 4.35. The van der Waals surface area contributed by atoms with Crippen LogP contribution in [0.3, 0.4) is 0 Å². The highest BCUT2D eigenvalue weighted by Gasteiger charge is 2.01. The van der Waals surface area contributed by atoms with Crippen molar-refractivity contribution in [3.05, 3.63) is 42.1 Å². The number of nitrogens with zero attached hydrogens (tertiary/aromatic N) is 1. The van der Waals surface area contributed by atoms with Gasteiger partial charge in [-0.05, 0) is 19.1 Å². The molecule has 0 bridgehead atoms. The molecule has 0 amide bonds. The van der Waals surface area contributed by atoms with Crippen LogP contribution in [-0.4, -0.2) is 4.98 Å². The number of hydrogen-bond donors (Lipinski definition) is 0. The highest BCUT2D eigenvalue weighted by molar-refractivity contribution is 5.61. The van der Waals surface area contributed by atoms with Gasteiger partial charge in [0.15, 0.2) is 0 Å². The second-order valence-corrected chi connectivity index (χ2v) is 2.65. The molecule has 0 radical (unpaired) electrons. The summed E-state index contributed by atoms with van der Waals surface area (Å²) >= 11 is 0. The van der Waals surface area contributed by atoms with Crippen LogP contribution in [0.25, 0.3) is 11.3 Å². The molecule has 0 aromatic heterocycles. The van der Waals surface area contributed by atoms with Crippen LogP contribution in [0.1, 0.15) is 5.69 Å². The van der Waals surface area contributed by atoms with Gasteiger partial charge in [0.2, 0.25) is 0 Å². The highest BCUT2D eigenvalue weighted by atomic mass is 14.7. The molecular formula is C10H9N. The van der Waals surface area contributed by atoms with Crippen LogP contribution in [0.4, 0.5) is 0 Å². The molecule has 0 unspecified atom stereocenters. The molecule has 1 aliphatic heterocycles. The SMILES string of the molecule is Cc1cc2cccccc-2n1. The van der Waals surface area contributed by atoms with Crippen LogP contribution in [-0.2, 0) is 0 Å². The molecule has 1 heterocycles. The molecule has 0 saturated heterocycles. The average molecular weight is 143 g/mol. The summed E-state index contributed by atoms with van der Waals surface area (Å²) in [6.45, 7) is 2.01. The number of aromatic nitrogens is 1. The van der Waals surface area contributed by atoms with Gasteiger partial charge in [0.05, 0.1) is 5.69 Å². The van der Waals surface area contributed by atoms with Crippen LogP contribution >= 0.6 is 0 Å². The lowest BCUT2D eigenvalue weighted by Gasteiger charge is -1.83. The lowest BCUT2D eigenvalue weighted by atomic mass is 10.2. The van der Waals surface area contributed by atoms with Gasteiger partial charge in [0.1, 0.15) is 0 Å². The predicted octanol–water partition coefficient (Wildman–Crippen LogP) is 2.49. The van der Waals surface area contributed by atoms with E-state index in [1.165, 1.54) is 5.56 Å². The molecule has 0 saturated carbocycles. The fourth-order valence-corrected chi connectivity index (χ4v) is 1.22. The van der Waals surface area contributed by atoms with Crippen molar-refractivity contribution in [2.24, 2.45) is 0 Å². The zero-order valence-electron chi connectivity index (χ0n) is 6.41. The normalized spacial score (nSPS) is 10.3. The minimum absolute atomic E-state index is 1.08. The predicted molar refractivity (Wildman–Crippen MR) is 45.6 cm³/mol. The summed E-state index contributed by atoms with van der Waals surface area (Å²) in [5, 5.41) is 0. The number of aryl methyl sites for hydroxylation is 1. The lowest BCUT2D eigenvalue weighted by Crippen LogP contribution is -1.67. The Balaban J connectivity index is 2.73. The summed E-state index contributed by atoms with van der Waals surface area (Å²) < 4.78 is 0. The van der Waals surface area contributed by atoms with Crippen molar-refractivity contribution in [3.63, 3.8) is 0 Å². The van der Waals surface area contributed by atoms with E-state index >= 15 is 0 Å². The molecule has 11 heavy (non-hydrogen) atoms. The second-order valence-electron chi connectivity index (χ2n) is 2.65. The fourth-order valence-electron chi connectivity index (χ4n) is 1.22. The van der Waals surface area contributed by atoms with E-state index in [0.717, 1.165) is 11.4 Å². The summed E-state index contributed by atoms with van der Waals surface area (Å²) in [6.07, 6.45) is 0. The summed E-state index contributed by atoms with van der Waals surface area (Å²) in [5.41, 5.74) is 3.38. The number of hydrogen-bond acceptors (Lipinski definition) is 1. The minimum Gasteiger partial charge on any atom is -0.253 e. The second kappa shape index (κ2) is 2.35. The maximum atomic E-state index is 4.35. The van der Waals surface area contributed by atoms with Crippen molar-refractivity contribution in [3.8, 4) is 11.3 Å². The molecule has 0 aromatic carbocycles. The molecule has 0 spiro atoms. The molecule has 54 valence electrons. The number of rotatable bonds is 0. The topological polar surface area (TPSA) is 12.9 Å². The van der Waals surface area contributed by atoms with E-state index in [9.17, 15) is 0 Å². The van der Waals surface area contributed by atoms with Gasteiger partial charge in [-0.25, -0.2) is 0 Å². The standard InChI is InChI=1S/C10H9N/c1-8-7-9-5-3-2-4-6-10(9)11-8/h2-7H,1H3. The Morgan fingerprint density at radius 2 is 1.91 bits per heavy atom. The van der Waals surface area contributed by atoms with Gasteiger partial charge >= 0.3 is 0 Å². The van der Waals surface area contributed by atoms with E-state index < -0.39 is 0 Å². The first-order chi connectivity index (χ1) is 5.36.